The molecule has 0 amide bonds. The van der Waals surface area contributed by atoms with Crippen LogP contribution in [0.25, 0.3) is 11.3 Å². The summed E-state index contributed by atoms with van der Waals surface area (Å²) in [6, 6.07) is 4.34. The Hall–Kier alpha value is -2.05. The summed E-state index contributed by atoms with van der Waals surface area (Å²) in [5.41, 5.74) is 4.60. The highest BCUT2D eigenvalue weighted by Gasteiger charge is 2.20. The number of thiophene rings is 1. The summed E-state index contributed by atoms with van der Waals surface area (Å²) >= 11 is 1.83. The fourth-order valence-corrected chi connectivity index (χ4v) is 3.89. The number of hydrogen-bond acceptors (Lipinski definition) is 5. The molecule has 6 heteroatoms. The van der Waals surface area contributed by atoms with E-state index in [0.29, 0.717) is 0 Å². The highest BCUT2D eigenvalue weighted by Crippen LogP contribution is 2.26. The average Bonchev–Trinajstić information content (AvgIpc) is 3.17. The third-order valence-corrected chi connectivity index (χ3v) is 5.18. The molecule has 0 bridgehead atoms. The van der Waals surface area contributed by atoms with Gasteiger partial charge < -0.3 is 0 Å². The molecule has 3 aromatic heterocycles. The maximum absolute atomic E-state index is 4.54. The molecule has 23 heavy (non-hydrogen) atoms. The Bertz CT molecular complexity index is 793. The first kappa shape index (κ1) is 14.5. The van der Waals surface area contributed by atoms with Gasteiger partial charge in [-0.05, 0) is 17.9 Å². The Morgan fingerprint density at radius 3 is 2.91 bits per heavy atom. The predicted octanol–water partition coefficient (Wildman–Crippen LogP) is 2.54. The van der Waals surface area contributed by atoms with Crippen molar-refractivity contribution < 1.29 is 0 Å². The van der Waals surface area contributed by atoms with E-state index in [-0.39, 0.29) is 0 Å². The normalized spacial score (nSPS) is 15.3. The minimum atomic E-state index is 0.983. The number of nitrogens with zero attached hydrogens (tertiary/aromatic N) is 5. The van der Waals surface area contributed by atoms with Crippen LogP contribution in [-0.4, -0.2) is 37.7 Å². The van der Waals surface area contributed by atoms with Crippen LogP contribution in [0.15, 0.2) is 36.2 Å². The van der Waals surface area contributed by atoms with Crippen molar-refractivity contribution in [3.05, 3.63) is 52.4 Å². The Morgan fingerprint density at radius 2 is 2.13 bits per heavy atom. The van der Waals surface area contributed by atoms with E-state index in [1.54, 1.807) is 6.33 Å². The lowest BCUT2D eigenvalue weighted by Gasteiger charge is -2.18. The fourth-order valence-electron chi connectivity index (χ4n) is 3.15. The van der Waals surface area contributed by atoms with Crippen LogP contribution in [0.4, 0.5) is 0 Å². The molecule has 0 unspecified atom stereocenters. The summed E-state index contributed by atoms with van der Waals surface area (Å²) in [6.45, 7) is 3.13. The first-order chi connectivity index (χ1) is 11.3. The van der Waals surface area contributed by atoms with Crippen LogP contribution in [-0.2, 0) is 26.4 Å². The molecule has 5 nitrogen and oxygen atoms in total. The molecule has 0 spiro atoms. The topological polar surface area (TPSA) is 46.8 Å². The standard InChI is InChI=1S/C17H19N5S/c1-21-10-13(9-20-21)17-15-4-6-22(11-14-3-2-8-23-14)7-5-16(15)18-12-19-17/h2-3,8-10,12H,4-7,11H2,1H3. The molecule has 1 aliphatic rings. The van der Waals surface area contributed by atoms with Crippen molar-refractivity contribution in [2.75, 3.05) is 13.1 Å². The van der Waals surface area contributed by atoms with Gasteiger partial charge in [0.05, 0.1) is 11.9 Å². The third kappa shape index (κ3) is 3.04. The summed E-state index contributed by atoms with van der Waals surface area (Å²) in [5.74, 6) is 0. The summed E-state index contributed by atoms with van der Waals surface area (Å²) in [5, 5.41) is 6.42. The zero-order valence-corrected chi connectivity index (χ0v) is 14.0. The van der Waals surface area contributed by atoms with E-state index in [1.165, 1.54) is 16.1 Å². The van der Waals surface area contributed by atoms with E-state index in [1.807, 2.05) is 35.5 Å². The minimum Gasteiger partial charge on any atom is -0.298 e. The molecule has 4 rings (SSSR count). The number of aryl methyl sites for hydroxylation is 1. The molecular formula is C17H19N5S. The lowest BCUT2D eigenvalue weighted by molar-refractivity contribution is 0.281. The molecule has 0 aromatic carbocycles. The van der Waals surface area contributed by atoms with Gasteiger partial charge in [0.25, 0.3) is 0 Å². The van der Waals surface area contributed by atoms with Gasteiger partial charge in [-0.3, -0.25) is 9.58 Å². The van der Waals surface area contributed by atoms with Crippen molar-refractivity contribution in [1.29, 1.82) is 0 Å². The van der Waals surface area contributed by atoms with Gasteiger partial charge >= 0.3 is 0 Å². The van der Waals surface area contributed by atoms with Crippen molar-refractivity contribution >= 4 is 11.3 Å². The van der Waals surface area contributed by atoms with Crippen LogP contribution in [0.3, 0.4) is 0 Å². The van der Waals surface area contributed by atoms with Gasteiger partial charge in [0.2, 0.25) is 0 Å². The summed E-state index contributed by atoms with van der Waals surface area (Å²) in [4.78, 5) is 13.0. The van der Waals surface area contributed by atoms with E-state index in [2.05, 4.69) is 37.5 Å². The van der Waals surface area contributed by atoms with Gasteiger partial charge in [-0.1, -0.05) is 6.07 Å². The molecule has 0 atom stereocenters. The van der Waals surface area contributed by atoms with E-state index in [4.69, 9.17) is 0 Å². The summed E-state index contributed by atoms with van der Waals surface area (Å²) in [6.07, 6.45) is 7.58. The Labute approximate surface area is 139 Å². The fraction of sp³-hybridized carbons (Fsp3) is 0.353. The molecule has 4 heterocycles. The van der Waals surface area contributed by atoms with Gasteiger partial charge in [-0.15, -0.1) is 11.3 Å². The van der Waals surface area contributed by atoms with Crippen LogP contribution < -0.4 is 0 Å². The predicted molar refractivity (Wildman–Crippen MR) is 91.2 cm³/mol. The van der Waals surface area contributed by atoms with E-state index in [0.717, 1.165) is 43.7 Å². The number of hydrogen-bond donors (Lipinski definition) is 0. The molecule has 0 saturated carbocycles. The zero-order valence-electron chi connectivity index (χ0n) is 13.1. The molecule has 0 radical (unpaired) electrons. The second-order valence-electron chi connectivity index (χ2n) is 5.91. The largest absolute Gasteiger partial charge is 0.298 e. The van der Waals surface area contributed by atoms with Crippen LogP contribution in [0.2, 0.25) is 0 Å². The third-order valence-electron chi connectivity index (χ3n) is 4.32. The van der Waals surface area contributed by atoms with Crippen molar-refractivity contribution in [3.8, 4) is 11.3 Å². The van der Waals surface area contributed by atoms with Crippen molar-refractivity contribution in [2.24, 2.45) is 7.05 Å². The van der Waals surface area contributed by atoms with Gasteiger partial charge in [-0.2, -0.15) is 5.10 Å². The van der Waals surface area contributed by atoms with Gasteiger partial charge in [0.15, 0.2) is 0 Å². The maximum atomic E-state index is 4.54. The van der Waals surface area contributed by atoms with Crippen LogP contribution in [0, 0.1) is 0 Å². The Morgan fingerprint density at radius 1 is 1.22 bits per heavy atom. The Balaban J connectivity index is 1.59. The van der Waals surface area contributed by atoms with E-state index in [9.17, 15) is 0 Å². The molecular weight excluding hydrogens is 306 g/mol. The first-order valence-corrected chi connectivity index (χ1v) is 8.74. The van der Waals surface area contributed by atoms with Crippen LogP contribution >= 0.6 is 11.3 Å². The average molecular weight is 325 g/mol. The van der Waals surface area contributed by atoms with Gasteiger partial charge in [-0.25, -0.2) is 9.97 Å². The second kappa shape index (κ2) is 6.22. The van der Waals surface area contributed by atoms with Crippen molar-refractivity contribution in [3.63, 3.8) is 0 Å². The van der Waals surface area contributed by atoms with Crippen LogP contribution in [0.5, 0.6) is 0 Å². The highest BCUT2D eigenvalue weighted by atomic mass is 32.1. The lowest BCUT2D eigenvalue weighted by Crippen LogP contribution is -2.25. The molecule has 118 valence electrons. The second-order valence-corrected chi connectivity index (χ2v) is 6.94. The smallest absolute Gasteiger partial charge is 0.116 e. The van der Waals surface area contributed by atoms with E-state index >= 15 is 0 Å². The number of fused-ring (bicyclic) bond motifs is 1. The summed E-state index contributed by atoms with van der Waals surface area (Å²) in [7, 11) is 1.94. The number of aromatic nitrogens is 4. The van der Waals surface area contributed by atoms with Crippen molar-refractivity contribution in [1.82, 2.24) is 24.6 Å². The molecule has 3 aromatic rings. The summed E-state index contributed by atoms with van der Waals surface area (Å²) < 4.78 is 1.82. The van der Waals surface area contributed by atoms with E-state index < -0.39 is 0 Å². The molecule has 1 aliphatic heterocycles. The first-order valence-electron chi connectivity index (χ1n) is 7.86. The Kier molecular flexibility index (Phi) is 3.93. The van der Waals surface area contributed by atoms with Gasteiger partial charge in [0.1, 0.15) is 6.33 Å². The molecule has 0 saturated heterocycles. The number of rotatable bonds is 3. The SMILES string of the molecule is Cn1cc(-c2ncnc3c2CCN(Cc2cccs2)CC3)cn1. The molecule has 0 fully saturated rings. The molecule has 0 aliphatic carbocycles. The van der Waals surface area contributed by atoms with Gasteiger partial charge in [0, 0.05) is 61.0 Å². The zero-order chi connectivity index (χ0) is 15.6. The maximum Gasteiger partial charge on any atom is 0.116 e. The van der Waals surface area contributed by atoms with Crippen molar-refractivity contribution in [2.45, 2.75) is 19.4 Å². The molecule has 0 N–H and O–H groups in total. The highest BCUT2D eigenvalue weighted by molar-refractivity contribution is 7.09. The quantitative estimate of drug-likeness (QED) is 0.742. The minimum absolute atomic E-state index is 0.983. The van der Waals surface area contributed by atoms with Crippen LogP contribution in [0.1, 0.15) is 16.1 Å². The monoisotopic (exact) mass is 325 g/mol. The lowest BCUT2D eigenvalue weighted by atomic mass is 10.0.